The van der Waals surface area contributed by atoms with Gasteiger partial charge in [-0.25, -0.2) is 4.98 Å². The molecule has 0 atom stereocenters. The maximum Gasteiger partial charge on any atom is 0.313 e. The second-order valence-corrected chi connectivity index (χ2v) is 6.71. The molecule has 1 saturated carbocycles. The van der Waals surface area contributed by atoms with E-state index >= 15 is 0 Å². The highest BCUT2D eigenvalue weighted by Gasteiger charge is 2.23. The van der Waals surface area contributed by atoms with Gasteiger partial charge in [0.2, 0.25) is 0 Å². The zero-order valence-corrected chi connectivity index (χ0v) is 14.5. The monoisotopic (exact) mass is 341 g/mol. The number of hydrogen-bond acceptors (Lipinski definition) is 4. The molecule has 1 aliphatic rings. The van der Waals surface area contributed by atoms with E-state index in [1.54, 1.807) is 18.2 Å². The van der Waals surface area contributed by atoms with Crippen LogP contribution in [0.4, 0.5) is 5.69 Å². The number of carbonyl (C=O) groups is 2. The molecule has 7 nitrogen and oxygen atoms in total. The van der Waals surface area contributed by atoms with Gasteiger partial charge in [0.05, 0.1) is 0 Å². The van der Waals surface area contributed by atoms with Gasteiger partial charge in [-0.05, 0) is 50.7 Å². The van der Waals surface area contributed by atoms with Crippen molar-refractivity contribution in [1.82, 2.24) is 20.5 Å². The quantitative estimate of drug-likeness (QED) is 0.746. The predicted octanol–water partition coefficient (Wildman–Crippen LogP) is 2.41. The van der Waals surface area contributed by atoms with Crippen molar-refractivity contribution in [3.05, 3.63) is 30.1 Å². The summed E-state index contributed by atoms with van der Waals surface area (Å²) in [4.78, 5) is 28.5. The Balaban J connectivity index is 1.60. The Bertz CT molecular complexity index is 762. The normalized spacial score (nSPS) is 20.1. The maximum absolute atomic E-state index is 12.1. The number of rotatable bonds is 3. The summed E-state index contributed by atoms with van der Waals surface area (Å²) in [6, 6.07) is 7.21. The van der Waals surface area contributed by atoms with Crippen LogP contribution < -0.4 is 10.6 Å². The molecule has 2 amide bonds. The Kier molecular flexibility index (Phi) is 5.11. The smallest absolute Gasteiger partial charge is 0.313 e. The summed E-state index contributed by atoms with van der Waals surface area (Å²) in [5.41, 5.74) is 1.31. The molecule has 0 aliphatic heterocycles. The maximum atomic E-state index is 12.1. The molecule has 0 spiro atoms. The molecule has 7 heteroatoms. The second-order valence-electron chi connectivity index (χ2n) is 6.71. The van der Waals surface area contributed by atoms with Gasteiger partial charge in [-0.3, -0.25) is 14.7 Å². The van der Waals surface area contributed by atoms with Gasteiger partial charge in [0, 0.05) is 17.3 Å². The largest absolute Gasteiger partial charge is 0.345 e. The van der Waals surface area contributed by atoms with E-state index in [-0.39, 0.29) is 6.04 Å². The summed E-state index contributed by atoms with van der Waals surface area (Å²) in [5, 5.41) is 12.3. The first-order valence-corrected chi connectivity index (χ1v) is 8.62. The number of carbonyl (C=O) groups excluding carboxylic acids is 2. The fraction of sp³-hybridized carbons (Fsp3) is 0.444. The predicted molar refractivity (Wildman–Crippen MR) is 94.7 cm³/mol. The van der Waals surface area contributed by atoms with Gasteiger partial charge in [-0.15, -0.1) is 0 Å². The average molecular weight is 341 g/mol. The Morgan fingerprint density at radius 1 is 1.16 bits per heavy atom. The number of anilines is 1. The lowest BCUT2D eigenvalue weighted by Gasteiger charge is -2.26. The fourth-order valence-electron chi connectivity index (χ4n) is 3.05. The minimum absolute atomic E-state index is 0.0945. The minimum Gasteiger partial charge on any atom is -0.345 e. The van der Waals surface area contributed by atoms with Crippen molar-refractivity contribution >= 4 is 17.5 Å². The fourth-order valence-corrected chi connectivity index (χ4v) is 3.05. The highest BCUT2D eigenvalue weighted by atomic mass is 16.2. The molecule has 0 saturated heterocycles. The van der Waals surface area contributed by atoms with Gasteiger partial charge < -0.3 is 10.6 Å². The molecule has 0 bridgehead atoms. The van der Waals surface area contributed by atoms with E-state index in [9.17, 15) is 9.59 Å². The first-order valence-electron chi connectivity index (χ1n) is 8.62. The van der Waals surface area contributed by atoms with Crippen molar-refractivity contribution in [2.24, 2.45) is 5.92 Å². The molecule has 1 aromatic heterocycles. The van der Waals surface area contributed by atoms with Crippen LogP contribution in [0.2, 0.25) is 0 Å². The van der Waals surface area contributed by atoms with Gasteiger partial charge >= 0.3 is 11.8 Å². The highest BCUT2D eigenvalue weighted by molar-refractivity contribution is 6.39. The van der Waals surface area contributed by atoms with Crippen LogP contribution >= 0.6 is 0 Å². The number of aromatic nitrogens is 3. The minimum atomic E-state index is -0.651. The van der Waals surface area contributed by atoms with Crippen LogP contribution in [-0.2, 0) is 9.59 Å². The molecule has 0 radical (unpaired) electrons. The van der Waals surface area contributed by atoms with Crippen LogP contribution in [0.15, 0.2) is 24.3 Å². The van der Waals surface area contributed by atoms with E-state index in [1.807, 2.05) is 13.0 Å². The Hall–Kier alpha value is -2.70. The van der Waals surface area contributed by atoms with Crippen molar-refractivity contribution < 1.29 is 9.59 Å². The van der Waals surface area contributed by atoms with Crippen molar-refractivity contribution in [2.45, 2.75) is 45.6 Å². The van der Waals surface area contributed by atoms with Crippen LogP contribution in [0, 0.1) is 12.8 Å². The van der Waals surface area contributed by atoms with Crippen LogP contribution in [0.3, 0.4) is 0 Å². The highest BCUT2D eigenvalue weighted by Crippen LogP contribution is 2.23. The summed E-state index contributed by atoms with van der Waals surface area (Å²) in [6.07, 6.45) is 4.04. The van der Waals surface area contributed by atoms with Gasteiger partial charge in [-0.1, -0.05) is 19.1 Å². The average Bonchev–Trinajstić information content (AvgIpc) is 3.03. The number of amides is 2. The van der Waals surface area contributed by atoms with E-state index < -0.39 is 11.8 Å². The summed E-state index contributed by atoms with van der Waals surface area (Å²) in [6.45, 7) is 4.03. The molecule has 1 fully saturated rings. The second kappa shape index (κ2) is 7.46. The van der Waals surface area contributed by atoms with Crippen molar-refractivity contribution in [3.63, 3.8) is 0 Å². The Labute approximate surface area is 146 Å². The van der Waals surface area contributed by atoms with E-state index in [0.717, 1.165) is 31.2 Å². The van der Waals surface area contributed by atoms with Crippen molar-refractivity contribution in [2.75, 3.05) is 5.32 Å². The number of aryl methyl sites for hydroxylation is 1. The Morgan fingerprint density at radius 3 is 2.60 bits per heavy atom. The topological polar surface area (TPSA) is 99.8 Å². The molecule has 3 rings (SSSR count). The molecule has 25 heavy (non-hydrogen) atoms. The van der Waals surface area contributed by atoms with Gasteiger partial charge in [0.1, 0.15) is 5.82 Å². The number of nitrogens with zero attached hydrogens (tertiary/aromatic N) is 2. The van der Waals surface area contributed by atoms with Crippen LogP contribution in [0.1, 0.15) is 38.4 Å². The third-order valence-corrected chi connectivity index (χ3v) is 4.53. The first kappa shape index (κ1) is 17.1. The number of benzene rings is 1. The molecule has 3 N–H and O–H groups in total. The molecule has 0 unspecified atom stereocenters. The molecule has 2 aromatic rings. The van der Waals surface area contributed by atoms with Crippen LogP contribution in [0.5, 0.6) is 0 Å². The summed E-state index contributed by atoms with van der Waals surface area (Å²) >= 11 is 0. The molecule has 1 aliphatic carbocycles. The summed E-state index contributed by atoms with van der Waals surface area (Å²) in [5.74, 6) is 0.727. The molecule has 1 aromatic carbocycles. The molecule has 132 valence electrons. The number of hydrogen-bond donors (Lipinski definition) is 3. The van der Waals surface area contributed by atoms with E-state index in [2.05, 4.69) is 32.7 Å². The lowest BCUT2D eigenvalue weighted by molar-refractivity contribution is -0.136. The third kappa shape index (κ3) is 4.43. The summed E-state index contributed by atoms with van der Waals surface area (Å²) < 4.78 is 0. The molecular formula is C18H23N5O2. The van der Waals surface area contributed by atoms with Gasteiger partial charge in [-0.2, -0.15) is 5.10 Å². The zero-order valence-electron chi connectivity index (χ0n) is 14.5. The van der Waals surface area contributed by atoms with Crippen LogP contribution in [0.25, 0.3) is 11.4 Å². The van der Waals surface area contributed by atoms with Crippen molar-refractivity contribution in [3.8, 4) is 11.4 Å². The standard InChI is InChI=1S/C18H23N5O2/c1-11-6-8-14(9-7-11)20-17(24)18(25)21-15-5-3-4-13(10-15)16-19-12(2)22-23-16/h3-5,10-11,14H,6-9H2,1-2H3,(H,20,24)(H,21,25)(H,19,22,23). The molecular weight excluding hydrogens is 318 g/mol. The SMILES string of the molecule is Cc1nc(-c2cccc(NC(=O)C(=O)NC3CCC(C)CC3)c2)n[nH]1. The van der Waals surface area contributed by atoms with Crippen molar-refractivity contribution in [1.29, 1.82) is 0 Å². The number of aromatic amines is 1. The van der Waals surface area contributed by atoms with E-state index in [0.29, 0.717) is 23.3 Å². The molecule has 1 heterocycles. The zero-order chi connectivity index (χ0) is 17.8. The third-order valence-electron chi connectivity index (χ3n) is 4.53. The van der Waals surface area contributed by atoms with E-state index in [1.165, 1.54) is 0 Å². The van der Waals surface area contributed by atoms with Gasteiger partial charge in [0.15, 0.2) is 5.82 Å². The van der Waals surface area contributed by atoms with Gasteiger partial charge in [0.25, 0.3) is 0 Å². The summed E-state index contributed by atoms with van der Waals surface area (Å²) in [7, 11) is 0. The van der Waals surface area contributed by atoms with Crippen LogP contribution in [-0.4, -0.2) is 33.0 Å². The van der Waals surface area contributed by atoms with E-state index in [4.69, 9.17) is 0 Å². The first-order chi connectivity index (χ1) is 12.0. The number of nitrogens with one attached hydrogen (secondary N) is 3. The lowest BCUT2D eigenvalue weighted by atomic mass is 9.87. The lowest BCUT2D eigenvalue weighted by Crippen LogP contribution is -2.43. The number of H-pyrrole nitrogens is 1. The Morgan fingerprint density at radius 2 is 1.92 bits per heavy atom.